The van der Waals surface area contributed by atoms with Gasteiger partial charge in [0, 0.05) is 31.2 Å². The molecule has 0 amide bonds. The van der Waals surface area contributed by atoms with Crippen molar-refractivity contribution >= 4 is 11.5 Å². The van der Waals surface area contributed by atoms with E-state index in [1.165, 1.54) is 30.9 Å². The molecule has 1 unspecified atom stereocenters. The third-order valence-electron chi connectivity index (χ3n) is 8.59. The van der Waals surface area contributed by atoms with Crippen molar-refractivity contribution in [3.8, 4) is 11.1 Å². The Labute approximate surface area is 274 Å². The van der Waals surface area contributed by atoms with Crippen molar-refractivity contribution in [2.24, 2.45) is 5.41 Å². The second-order valence-corrected chi connectivity index (χ2v) is 12.2. The van der Waals surface area contributed by atoms with Crippen LogP contribution in [-0.4, -0.2) is 60.8 Å². The first-order valence-corrected chi connectivity index (χ1v) is 16.6. The van der Waals surface area contributed by atoms with E-state index in [0.717, 1.165) is 91.8 Å². The van der Waals surface area contributed by atoms with Gasteiger partial charge >= 0.3 is 5.97 Å². The molecule has 2 aliphatic carbocycles. The minimum Gasteiger partial charge on any atom is -0.478 e. The molecule has 244 valence electrons. The molecule has 0 heterocycles. The van der Waals surface area contributed by atoms with Crippen LogP contribution < -0.4 is 5.32 Å². The van der Waals surface area contributed by atoms with Crippen molar-refractivity contribution in [2.75, 3.05) is 39.5 Å². The number of unbranched alkanes of at least 4 members (excludes halogenated alkanes) is 4. The Hall–Kier alpha value is -3.81. The highest BCUT2D eigenvalue weighted by Gasteiger charge is 2.28. The number of rotatable bonds is 17. The number of ether oxygens (including phenoxy) is 1. The van der Waals surface area contributed by atoms with Crippen LogP contribution >= 0.6 is 0 Å². The van der Waals surface area contributed by atoms with Gasteiger partial charge in [-0.1, -0.05) is 110 Å². The number of carboxylic acids is 1. The Kier molecular flexibility index (Phi) is 14.5. The third-order valence-corrected chi connectivity index (χ3v) is 8.59. The molecular weight excluding hydrogens is 574 g/mol. The molecule has 3 aromatic carbocycles. The molecule has 0 aromatic heterocycles. The highest BCUT2D eigenvalue weighted by Crippen LogP contribution is 2.43. The summed E-state index contributed by atoms with van der Waals surface area (Å²) in [6.07, 6.45) is 16.1. The minimum atomic E-state index is -0.911. The molecular formula is C40H49NO5. The maximum Gasteiger partial charge on any atom is 0.328 e. The van der Waals surface area contributed by atoms with Crippen molar-refractivity contribution < 1.29 is 24.9 Å². The summed E-state index contributed by atoms with van der Waals surface area (Å²) in [7, 11) is 0. The quantitative estimate of drug-likeness (QED) is 0.0733. The van der Waals surface area contributed by atoms with Crippen LogP contribution in [0.4, 0.5) is 0 Å². The van der Waals surface area contributed by atoms with E-state index >= 15 is 0 Å². The van der Waals surface area contributed by atoms with E-state index in [1.54, 1.807) is 0 Å². The maximum atomic E-state index is 10.9. The smallest absolute Gasteiger partial charge is 0.328 e. The zero-order valence-corrected chi connectivity index (χ0v) is 26.9. The first-order valence-electron chi connectivity index (χ1n) is 16.6. The van der Waals surface area contributed by atoms with E-state index < -0.39 is 5.97 Å². The summed E-state index contributed by atoms with van der Waals surface area (Å²) in [5.41, 5.74) is 7.14. The molecule has 4 N–H and O–H groups in total. The molecule has 2 aliphatic rings. The highest BCUT2D eigenvalue weighted by molar-refractivity contribution is 6.06. The molecule has 1 atom stereocenters. The number of aryl methyl sites for hydroxylation is 1. The number of fused-ring (bicyclic) bond motifs is 3. The van der Waals surface area contributed by atoms with Crippen LogP contribution in [-0.2, 0) is 16.0 Å². The van der Waals surface area contributed by atoms with E-state index in [2.05, 4.69) is 41.7 Å². The van der Waals surface area contributed by atoms with Crippen molar-refractivity contribution in [1.29, 1.82) is 0 Å². The molecule has 6 heteroatoms. The van der Waals surface area contributed by atoms with Gasteiger partial charge in [-0.05, 0) is 84.0 Å². The van der Waals surface area contributed by atoms with E-state index in [0.29, 0.717) is 0 Å². The van der Waals surface area contributed by atoms with Gasteiger partial charge < -0.3 is 25.4 Å². The molecule has 0 saturated heterocycles. The van der Waals surface area contributed by atoms with Crippen molar-refractivity contribution in [3.63, 3.8) is 0 Å². The number of nitrogens with one attached hydrogen (secondary N) is 1. The number of aliphatic hydroxyl groups is 2. The number of aliphatic carboxylic acids is 1. The topological polar surface area (TPSA) is 99.0 Å². The largest absolute Gasteiger partial charge is 0.478 e. The predicted molar refractivity (Wildman–Crippen MR) is 187 cm³/mol. The maximum absolute atomic E-state index is 10.9. The Morgan fingerprint density at radius 3 is 2.02 bits per heavy atom. The first kappa shape index (κ1) is 35.1. The number of hydrogen-bond donors (Lipinski definition) is 4. The fraction of sp³-hybridized carbons (Fsp3) is 0.375. The molecule has 0 aliphatic heterocycles. The van der Waals surface area contributed by atoms with E-state index in [-0.39, 0.29) is 18.6 Å². The van der Waals surface area contributed by atoms with Crippen LogP contribution in [0, 0.1) is 5.41 Å². The highest BCUT2D eigenvalue weighted by atomic mass is 16.5. The third kappa shape index (κ3) is 10.6. The number of benzene rings is 3. The predicted octanol–water partition coefficient (Wildman–Crippen LogP) is 7.22. The molecule has 0 bridgehead atoms. The van der Waals surface area contributed by atoms with Gasteiger partial charge in [0.05, 0.1) is 13.2 Å². The van der Waals surface area contributed by atoms with E-state index in [9.17, 15) is 15.0 Å². The summed E-state index contributed by atoms with van der Waals surface area (Å²) in [5, 5.41) is 31.5. The summed E-state index contributed by atoms with van der Waals surface area (Å²) in [4.78, 5) is 10.9. The Bertz CT molecular complexity index is 1410. The lowest BCUT2D eigenvalue weighted by molar-refractivity contribution is -0.131. The molecule has 0 saturated carbocycles. The van der Waals surface area contributed by atoms with Crippen molar-refractivity contribution in [3.05, 3.63) is 125 Å². The summed E-state index contributed by atoms with van der Waals surface area (Å²) >= 11 is 0. The summed E-state index contributed by atoms with van der Waals surface area (Å²) in [6.45, 7) is 3.64. The molecule has 5 rings (SSSR count). The molecule has 3 aromatic rings. The lowest BCUT2D eigenvalue weighted by Gasteiger charge is -2.32. The lowest BCUT2D eigenvalue weighted by Crippen LogP contribution is -2.37. The van der Waals surface area contributed by atoms with Crippen molar-refractivity contribution in [1.82, 2.24) is 5.32 Å². The van der Waals surface area contributed by atoms with Gasteiger partial charge in [-0.3, -0.25) is 0 Å². The van der Waals surface area contributed by atoms with Gasteiger partial charge in [0.1, 0.15) is 0 Å². The fourth-order valence-corrected chi connectivity index (χ4v) is 6.11. The molecule has 0 fully saturated rings. The second-order valence-electron chi connectivity index (χ2n) is 12.2. The normalized spacial score (nSPS) is 16.2. The van der Waals surface area contributed by atoms with E-state index in [1.807, 2.05) is 60.7 Å². The van der Waals surface area contributed by atoms with Crippen LogP contribution in [0.2, 0.25) is 0 Å². The number of allylic oxidation sites excluding steroid dienone is 2. The van der Waals surface area contributed by atoms with Gasteiger partial charge in [-0.15, -0.1) is 0 Å². The second kappa shape index (κ2) is 19.0. The minimum absolute atomic E-state index is 0.0706. The van der Waals surface area contributed by atoms with Crippen LogP contribution in [0.5, 0.6) is 0 Å². The Balaban J connectivity index is 0.000000237. The van der Waals surface area contributed by atoms with Crippen molar-refractivity contribution in [2.45, 2.75) is 51.4 Å². The zero-order chi connectivity index (χ0) is 32.5. The first-order chi connectivity index (χ1) is 22.5. The van der Waals surface area contributed by atoms with Crippen LogP contribution in [0.15, 0.2) is 109 Å². The summed E-state index contributed by atoms with van der Waals surface area (Å²) in [5.74, 6) is -0.911. The molecule has 46 heavy (non-hydrogen) atoms. The van der Waals surface area contributed by atoms with Gasteiger partial charge in [-0.2, -0.15) is 0 Å². The van der Waals surface area contributed by atoms with E-state index in [4.69, 9.17) is 9.84 Å². The van der Waals surface area contributed by atoms with Gasteiger partial charge in [0.2, 0.25) is 0 Å². The fourth-order valence-electron chi connectivity index (χ4n) is 6.11. The number of carbonyl (C=O) groups is 1. The Morgan fingerprint density at radius 1 is 0.783 bits per heavy atom. The molecule has 0 spiro atoms. The van der Waals surface area contributed by atoms with Gasteiger partial charge in [-0.25, -0.2) is 4.79 Å². The number of aliphatic hydroxyl groups excluding tert-OH is 2. The van der Waals surface area contributed by atoms with Crippen LogP contribution in [0.25, 0.3) is 16.7 Å². The van der Waals surface area contributed by atoms with Gasteiger partial charge in [0.25, 0.3) is 0 Å². The standard InChI is InChI=1S/C25H39NO3.C15H10O2/c27-20-24-14-10-15-25(19-24,22-28)21-26-16-7-1-2-8-17-29-18-9-6-13-23-11-4-3-5-12-23;16-15(17)9-14-12-7-3-1-5-10(12)11-6-2-4-8-13(11)14/h3-5,10-12,14-15,26-28H,1-2,6-9,13,16-22H2;1-9H,(H,16,17). The lowest BCUT2D eigenvalue weighted by atomic mass is 9.79. The molecule has 6 nitrogen and oxygen atoms in total. The SMILES string of the molecule is O=C(O)C=C1c2ccccc2-c2ccccc21.OCC1=CC=CC(CO)(CNCCCCCCOCCCCc2ccccc2)C1. The average Bonchev–Trinajstić information content (AvgIpc) is 3.40. The zero-order valence-electron chi connectivity index (χ0n) is 26.9. The monoisotopic (exact) mass is 623 g/mol. The average molecular weight is 624 g/mol. The van der Waals surface area contributed by atoms with Crippen LogP contribution in [0.3, 0.4) is 0 Å². The van der Waals surface area contributed by atoms with Gasteiger partial charge in [0.15, 0.2) is 0 Å². The summed E-state index contributed by atoms with van der Waals surface area (Å²) < 4.78 is 5.75. The number of hydrogen-bond acceptors (Lipinski definition) is 5. The van der Waals surface area contributed by atoms with Crippen LogP contribution in [0.1, 0.15) is 61.6 Å². The molecule has 0 radical (unpaired) electrons. The number of carboxylic acid groups (broad SMARTS) is 1. The Morgan fingerprint density at radius 2 is 1.39 bits per heavy atom. The summed E-state index contributed by atoms with van der Waals surface area (Å²) in [6, 6.07) is 26.4.